The van der Waals surface area contributed by atoms with E-state index < -0.39 is 0 Å². The van der Waals surface area contributed by atoms with Gasteiger partial charge in [-0.3, -0.25) is 4.90 Å². The van der Waals surface area contributed by atoms with E-state index in [0.29, 0.717) is 0 Å². The van der Waals surface area contributed by atoms with E-state index >= 15 is 0 Å². The van der Waals surface area contributed by atoms with Gasteiger partial charge >= 0.3 is 0 Å². The Morgan fingerprint density at radius 3 is 2.90 bits per heavy atom. The van der Waals surface area contributed by atoms with Crippen LogP contribution in [0.1, 0.15) is 42.4 Å². The molecule has 1 saturated carbocycles. The average Bonchev–Trinajstić information content (AvgIpc) is 3.09. The van der Waals surface area contributed by atoms with E-state index in [4.69, 9.17) is 4.42 Å². The normalized spacial score (nSPS) is 15.0. The Morgan fingerprint density at radius 2 is 2.24 bits per heavy atom. The van der Waals surface area contributed by atoms with Crippen LogP contribution in [0.25, 0.3) is 0 Å². The van der Waals surface area contributed by atoms with Gasteiger partial charge in [0.1, 0.15) is 11.5 Å². The molecule has 2 heterocycles. The zero-order valence-corrected chi connectivity index (χ0v) is 13.7. The third-order valence-corrected chi connectivity index (χ3v) is 4.76. The molecular formula is C17H24N2OS. The number of aryl methyl sites for hydroxylation is 1. The molecule has 0 spiro atoms. The third kappa shape index (κ3) is 3.96. The van der Waals surface area contributed by atoms with Crippen LogP contribution in [-0.2, 0) is 19.6 Å². The Balaban J connectivity index is 1.66. The van der Waals surface area contributed by atoms with Crippen molar-refractivity contribution in [3.05, 3.63) is 45.5 Å². The largest absolute Gasteiger partial charge is 0.465 e. The van der Waals surface area contributed by atoms with Crippen molar-refractivity contribution in [3.63, 3.8) is 0 Å². The molecule has 0 saturated heterocycles. The maximum absolute atomic E-state index is 5.87. The molecule has 2 aromatic rings. The second-order valence-corrected chi connectivity index (χ2v) is 6.62. The van der Waals surface area contributed by atoms with Crippen LogP contribution in [-0.4, -0.2) is 17.5 Å². The molecule has 1 N–H and O–H groups in total. The van der Waals surface area contributed by atoms with Crippen LogP contribution in [0.2, 0.25) is 0 Å². The van der Waals surface area contributed by atoms with Gasteiger partial charge in [-0.1, -0.05) is 6.92 Å². The van der Waals surface area contributed by atoms with Crippen molar-refractivity contribution in [1.29, 1.82) is 0 Å². The van der Waals surface area contributed by atoms with Crippen LogP contribution >= 0.6 is 11.3 Å². The number of nitrogens with zero attached hydrogens (tertiary/aromatic N) is 1. The van der Waals surface area contributed by atoms with Crippen LogP contribution in [0, 0.1) is 6.92 Å². The van der Waals surface area contributed by atoms with E-state index in [9.17, 15) is 0 Å². The predicted molar refractivity (Wildman–Crippen MR) is 87.4 cm³/mol. The van der Waals surface area contributed by atoms with Crippen molar-refractivity contribution in [2.24, 2.45) is 0 Å². The van der Waals surface area contributed by atoms with Gasteiger partial charge in [0.25, 0.3) is 0 Å². The summed E-state index contributed by atoms with van der Waals surface area (Å²) in [7, 11) is 0. The first-order valence-corrected chi connectivity index (χ1v) is 8.74. The van der Waals surface area contributed by atoms with Gasteiger partial charge in [-0.2, -0.15) is 11.3 Å². The first-order valence-electron chi connectivity index (χ1n) is 7.80. The summed E-state index contributed by atoms with van der Waals surface area (Å²) in [4.78, 5) is 2.59. The highest BCUT2D eigenvalue weighted by molar-refractivity contribution is 7.07. The minimum Gasteiger partial charge on any atom is -0.465 e. The second-order valence-electron chi connectivity index (χ2n) is 5.84. The summed E-state index contributed by atoms with van der Waals surface area (Å²) < 4.78 is 5.87. The number of furan rings is 1. The SMILES string of the molecule is CCNCc1cc(CN(Cc2ccsc2)C2CC2)c(C)o1. The Hall–Kier alpha value is -1.10. The summed E-state index contributed by atoms with van der Waals surface area (Å²) in [5, 5.41) is 7.75. The lowest BCUT2D eigenvalue weighted by Crippen LogP contribution is -2.24. The van der Waals surface area contributed by atoms with Gasteiger partial charge in [0, 0.05) is 24.7 Å². The summed E-state index contributed by atoms with van der Waals surface area (Å²) in [6.45, 7) is 8.06. The van der Waals surface area contributed by atoms with Crippen LogP contribution in [0.15, 0.2) is 27.3 Å². The molecule has 1 aliphatic carbocycles. The van der Waals surface area contributed by atoms with E-state index in [1.165, 1.54) is 24.0 Å². The molecule has 0 aromatic carbocycles. The topological polar surface area (TPSA) is 28.4 Å². The summed E-state index contributed by atoms with van der Waals surface area (Å²) in [5.74, 6) is 2.12. The van der Waals surface area contributed by atoms with Gasteiger partial charge in [0.05, 0.1) is 6.54 Å². The molecule has 114 valence electrons. The van der Waals surface area contributed by atoms with Crippen molar-refractivity contribution in [3.8, 4) is 0 Å². The molecule has 2 aromatic heterocycles. The smallest absolute Gasteiger partial charge is 0.118 e. The van der Waals surface area contributed by atoms with E-state index in [-0.39, 0.29) is 0 Å². The molecule has 1 aliphatic rings. The number of nitrogens with one attached hydrogen (secondary N) is 1. The van der Waals surface area contributed by atoms with Gasteiger partial charge in [-0.25, -0.2) is 0 Å². The number of rotatable bonds is 8. The first-order chi connectivity index (χ1) is 10.3. The fourth-order valence-electron chi connectivity index (χ4n) is 2.67. The fraction of sp³-hybridized carbons (Fsp3) is 0.529. The molecule has 21 heavy (non-hydrogen) atoms. The molecule has 0 unspecified atom stereocenters. The fourth-order valence-corrected chi connectivity index (χ4v) is 3.33. The Morgan fingerprint density at radius 1 is 1.38 bits per heavy atom. The number of hydrogen-bond acceptors (Lipinski definition) is 4. The lowest BCUT2D eigenvalue weighted by molar-refractivity contribution is 0.244. The van der Waals surface area contributed by atoms with Gasteiger partial charge in [-0.05, 0) is 54.8 Å². The average molecular weight is 304 g/mol. The summed E-state index contributed by atoms with van der Waals surface area (Å²) >= 11 is 1.78. The van der Waals surface area contributed by atoms with Crippen molar-refractivity contribution in [2.75, 3.05) is 6.54 Å². The molecule has 4 heteroatoms. The molecule has 0 atom stereocenters. The first kappa shape index (κ1) is 14.8. The van der Waals surface area contributed by atoms with Gasteiger partial charge in [0.2, 0.25) is 0 Å². The Labute approximate surface area is 131 Å². The molecule has 0 bridgehead atoms. The Kier molecular flexibility index (Phi) is 4.78. The number of hydrogen-bond donors (Lipinski definition) is 1. The third-order valence-electron chi connectivity index (χ3n) is 4.02. The summed E-state index contributed by atoms with van der Waals surface area (Å²) in [6.07, 6.45) is 2.68. The van der Waals surface area contributed by atoms with Gasteiger partial charge in [-0.15, -0.1) is 0 Å². The van der Waals surface area contributed by atoms with E-state index in [0.717, 1.165) is 43.7 Å². The summed E-state index contributed by atoms with van der Waals surface area (Å²) in [5.41, 5.74) is 2.77. The zero-order chi connectivity index (χ0) is 14.7. The van der Waals surface area contributed by atoms with Crippen molar-refractivity contribution in [1.82, 2.24) is 10.2 Å². The standard InChI is InChI=1S/C17H24N2OS/c1-3-18-9-17-8-15(13(2)20-17)11-19(16-4-5-16)10-14-6-7-21-12-14/h6-8,12,16,18H,3-5,9-11H2,1-2H3. The van der Waals surface area contributed by atoms with Crippen LogP contribution < -0.4 is 5.32 Å². The minimum absolute atomic E-state index is 0.761. The van der Waals surface area contributed by atoms with Gasteiger partial charge < -0.3 is 9.73 Å². The lowest BCUT2D eigenvalue weighted by atomic mass is 10.2. The molecule has 3 rings (SSSR count). The molecule has 0 radical (unpaired) electrons. The maximum Gasteiger partial charge on any atom is 0.118 e. The van der Waals surface area contributed by atoms with Crippen molar-refractivity contribution in [2.45, 2.75) is 52.4 Å². The predicted octanol–water partition coefficient (Wildman–Crippen LogP) is 3.92. The highest BCUT2D eigenvalue weighted by Crippen LogP contribution is 2.31. The van der Waals surface area contributed by atoms with E-state index in [1.54, 1.807) is 11.3 Å². The maximum atomic E-state index is 5.87. The second kappa shape index (κ2) is 6.77. The molecule has 0 amide bonds. The van der Waals surface area contributed by atoms with Gasteiger partial charge in [0.15, 0.2) is 0 Å². The van der Waals surface area contributed by atoms with E-state index in [2.05, 4.69) is 47.0 Å². The molecular weight excluding hydrogens is 280 g/mol. The quantitative estimate of drug-likeness (QED) is 0.801. The van der Waals surface area contributed by atoms with E-state index in [1.807, 2.05) is 0 Å². The highest BCUT2D eigenvalue weighted by atomic mass is 32.1. The van der Waals surface area contributed by atoms with Crippen LogP contribution in [0.5, 0.6) is 0 Å². The zero-order valence-electron chi connectivity index (χ0n) is 12.9. The molecule has 3 nitrogen and oxygen atoms in total. The molecule has 0 aliphatic heterocycles. The summed E-state index contributed by atoms with van der Waals surface area (Å²) in [6, 6.07) is 5.22. The van der Waals surface area contributed by atoms with Crippen molar-refractivity contribution < 1.29 is 4.42 Å². The van der Waals surface area contributed by atoms with Crippen LogP contribution in [0.4, 0.5) is 0 Å². The minimum atomic E-state index is 0.761. The molecule has 1 fully saturated rings. The van der Waals surface area contributed by atoms with Crippen molar-refractivity contribution >= 4 is 11.3 Å². The monoisotopic (exact) mass is 304 g/mol. The highest BCUT2D eigenvalue weighted by Gasteiger charge is 2.29. The van der Waals surface area contributed by atoms with Crippen LogP contribution in [0.3, 0.4) is 0 Å². The lowest BCUT2D eigenvalue weighted by Gasteiger charge is -2.21. The number of thiophene rings is 1. The Bertz CT molecular complexity index is 557.